The second-order valence-electron chi connectivity index (χ2n) is 5.62. The van der Waals surface area contributed by atoms with Gasteiger partial charge in [-0.1, -0.05) is 12.1 Å². The van der Waals surface area contributed by atoms with Gasteiger partial charge < -0.3 is 5.11 Å². The van der Waals surface area contributed by atoms with Crippen LogP contribution < -0.4 is 0 Å². The molecule has 0 radical (unpaired) electrons. The molecule has 0 spiro atoms. The summed E-state index contributed by atoms with van der Waals surface area (Å²) in [4.78, 5) is 21.4. The van der Waals surface area contributed by atoms with Gasteiger partial charge in [-0.3, -0.25) is 14.9 Å². The minimum Gasteiger partial charge on any atom is -0.481 e. The maximum Gasteiger partial charge on any atom is 0.308 e. The predicted molar refractivity (Wildman–Crippen MR) is 81.5 cm³/mol. The summed E-state index contributed by atoms with van der Waals surface area (Å²) in [6, 6.07) is 3.30. The van der Waals surface area contributed by atoms with Crippen LogP contribution >= 0.6 is 0 Å². The normalized spacial score (nSPS) is 22.7. The number of aliphatic carboxylic acids is 1. The van der Waals surface area contributed by atoms with E-state index in [0.29, 0.717) is 12.8 Å². The molecule has 2 rings (SSSR count). The molecule has 0 amide bonds. The van der Waals surface area contributed by atoms with Crippen LogP contribution in [0.1, 0.15) is 25.3 Å². The van der Waals surface area contributed by atoms with Crippen LogP contribution in [0.25, 0.3) is 0 Å². The number of hydrogen-bond donors (Lipinski definition) is 1. The van der Waals surface area contributed by atoms with Gasteiger partial charge in [-0.05, 0) is 32.3 Å². The van der Waals surface area contributed by atoms with Crippen molar-refractivity contribution in [3.05, 3.63) is 33.9 Å². The van der Waals surface area contributed by atoms with E-state index >= 15 is 0 Å². The van der Waals surface area contributed by atoms with Gasteiger partial charge in [0.15, 0.2) is 4.90 Å². The molecular formula is C14H18N2O6S. The molecular weight excluding hydrogens is 324 g/mol. The van der Waals surface area contributed by atoms with Crippen LogP contribution in [0.3, 0.4) is 0 Å². The minimum atomic E-state index is -4.16. The highest BCUT2D eigenvalue weighted by atomic mass is 32.2. The molecule has 0 unspecified atom stereocenters. The van der Waals surface area contributed by atoms with Gasteiger partial charge in [-0.15, -0.1) is 0 Å². The predicted octanol–water partition coefficient (Wildman–Crippen LogP) is 1.78. The molecule has 0 aliphatic carbocycles. The van der Waals surface area contributed by atoms with E-state index in [4.69, 9.17) is 0 Å². The van der Waals surface area contributed by atoms with Gasteiger partial charge in [-0.2, -0.15) is 4.31 Å². The van der Waals surface area contributed by atoms with Gasteiger partial charge in [0.1, 0.15) is 0 Å². The summed E-state index contributed by atoms with van der Waals surface area (Å²) in [5, 5.41) is 20.4. The Morgan fingerprint density at radius 1 is 1.43 bits per heavy atom. The van der Waals surface area contributed by atoms with E-state index in [2.05, 4.69) is 0 Å². The molecule has 2 atom stereocenters. The molecule has 126 valence electrons. The average Bonchev–Trinajstić information content (AvgIpc) is 2.46. The molecule has 0 saturated carbocycles. The largest absolute Gasteiger partial charge is 0.481 e. The first-order chi connectivity index (χ1) is 10.7. The van der Waals surface area contributed by atoms with Crippen LogP contribution in [0.4, 0.5) is 5.69 Å². The van der Waals surface area contributed by atoms with Crippen molar-refractivity contribution >= 4 is 21.7 Å². The fraction of sp³-hybridized carbons (Fsp3) is 0.500. The van der Waals surface area contributed by atoms with Gasteiger partial charge in [0, 0.05) is 18.7 Å². The number of nitro benzene ring substituents is 1. The van der Waals surface area contributed by atoms with Crippen molar-refractivity contribution in [3.8, 4) is 0 Å². The highest BCUT2D eigenvalue weighted by Crippen LogP contribution is 2.34. The second-order valence-corrected chi connectivity index (χ2v) is 7.45. The second kappa shape index (κ2) is 6.25. The summed E-state index contributed by atoms with van der Waals surface area (Å²) in [6.07, 6.45) is 0.790. The lowest BCUT2D eigenvalue weighted by molar-refractivity contribution is -0.387. The van der Waals surface area contributed by atoms with E-state index < -0.39 is 38.6 Å². The fourth-order valence-electron chi connectivity index (χ4n) is 3.02. The Hall–Kier alpha value is -2.00. The van der Waals surface area contributed by atoms with E-state index in [0.717, 1.165) is 10.4 Å². The summed E-state index contributed by atoms with van der Waals surface area (Å²) in [6.45, 7) is 3.17. The summed E-state index contributed by atoms with van der Waals surface area (Å²) in [7, 11) is -4.16. The van der Waals surface area contributed by atoms with Crippen LogP contribution in [-0.4, -0.2) is 41.3 Å². The highest BCUT2D eigenvalue weighted by Gasteiger charge is 2.42. The van der Waals surface area contributed by atoms with Crippen molar-refractivity contribution in [1.29, 1.82) is 0 Å². The Kier molecular flexibility index (Phi) is 4.71. The zero-order valence-corrected chi connectivity index (χ0v) is 13.6. The first-order valence-corrected chi connectivity index (χ1v) is 8.60. The molecule has 9 heteroatoms. The third-order valence-electron chi connectivity index (χ3n) is 4.20. The standard InChI is InChI=1S/C14H18N2O6S/c1-9-5-3-7-12(16(19)20)13(9)23(21,22)15-8-4-6-11(10(15)2)14(17)18/h3,5,7,10-11H,4,6,8H2,1-2H3,(H,17,18)/t10-,11-/m1/s1. The average molecular weight is 342 g/mol. The van der Waals surface area contributed by atoms with Gasteiger partial charge in [0.05, 0.1) is 10.8 Å². The number of hydrogen-bond acceptors (Lipinski definition) is 5. The minimum absolute atomic E-state index is 0.152. The Morgan fingerprint density at radius 2 is 2.09 bits per heavy atom. The molecule has 1 heterocycles. The lowest BCUT2D eigenvalue weighted by Crippen LogP contribution is -2.49. The molecule has 0 bridgehead atoms. The van der Waals surface area contributed by atoms with Crippen molar-refractivity contribution in [2.24, 2.45) is 5.92 Å². The van der Waals surface area contributed by atoms with Crippen LogP contribution in [0, 0.1) is 23.0 Å². The van der Waals surface area contributed by atoms with Crippen LogP contribution in [-0.2, 0) is 14.8 Å². The monoisotopic (exact) mass is 342 g/mol. The zero-order chi connectivity index (χ0) is 17.4. The molecule has 1 aliphatic rings. The number of nitrogens with zero attached hydrogens (tertiary/aromatic N) is 2. The van der Waals surface area contributed by atoms with E-state index in [9.17, 15) is 28.4 Å². The van der Waals surface area contributed by atoms with Crippen LogP contribution in [0.2, 0.25) is 0 Å². The Labute approximate surface area is 133 Å². The highest BCUT2D eigenvalue weighted by molar-refractivity contribution is 7.89. The van der Waals surface area contributed by atoms with Crippen molar-refractivity contribution in [3.63, 3.8) is 0 Å². The number of aryl methyl sites for hydroxylation is 1. The van der Waals surface area contributed by atoms with Crippen molar-refractivity contribution in [2.45, 2.75) is 37.6 Å². The van der Waals surface area contributed by atoms with E-state index in [1.165, 1.54) is 26.0 Å². The molecule has 8 nitrogen and oxygen atoms in total. The molecule has 0 aromatic heterocycles. The molecule has 1 aromatic carbocycles. The van der Waals surface area contributed by atoms with Gasteiger partial charge in [0.2, 0.25) is 10.0 Å². The number of carbonyl (C=O) groups is 1. The van der Waals surface area contributed by atoms with Gasteiger partial charge >= 0.3 is 5.97 Å². The number of carboxylic acids is 1. The maximum absolute atomic E-state index is 12.9. The molecule has 1 fully saturated rings. The lowest BCUT2D eigenvalue weighted by atomic mass is 9.92. The topological polar surface area (TPSA) is 118 Å². The number of nitro groups is 1. The van der Waals surface area contributed by atoms with E-state index in [1.54, 1.807) is 0 Å². The first-order valence-electron chi connectivity index (χ1n) is 7.16. The van der Waals surface area contributed by atoms with Crippen LogP contribution in [0.5, 0.6) is 0 Å². The van der Waals surface area contributed by atoms with E-state index in [1.807, 2.05) is 0 Å². The SMILES string of the molecule is Cc1cccc([N+](=O)[O-])c1S(=O)(=O)N1CCC[C@@H](C(=O)O)[C@H]1C. The Balaban J connectivity index is 2.55. The quantitative estimate of drug-likeness (QED) is 0.658. The third kappa shape index (κ3) is 3.06. The Bertz CT molecular complexity index is 746. The summed E-state index contributed by atoms with van der Waals surface area (Å²) < 4.78 is 27.0. The fourth-order valence-corrected chi connectivity index (χ4v) is 5.09. The number of rotatable bonds is 4. The lowest BCUT2D eigenvalue weighted by Gasteiger charge is -2.36. The summed E-state index contributed by atoms with van der Waals surface area (Å²) >= 11 is 0. The number of piperidine rings is 1. The zero-order valence-electron chi connectivity index (χ0n) is 12.8. The van der Waals surface area contributed by atoms with E-state index in [-0.39, 0.29) is 17.0 Å². The Morgan fingerprint density at radius 3 is 2.65 bits per heavy atom. The van der Waals surface area contributed by atoms with Crippen LogP contribution in [0.15, 0.2) is 23.1 Å². The smallest absolute Gasteiger partial charge is 0.308 e. The number of carboxylic acid groups (broad SMARTS) is 1. The maximum atomic E-state index is 12.9. The summed E-state index contributed by atoms with van der Waals surface area (Å²) in [5.74, 6) is -1.88. The molecule has 1 N–H and O–H groups in total. The van der Waals surface area contributed by atoms with Crippen molar-refractivity contribution in [1.82, 2.24) is 4.31 Å². The molecule has 23 heavy (non-hydrogen) atoms. The van der Waals surface area contributed by atoms with Gasteiger partial charge in [-0.25, -0.2) is 8.42 Å². The van der Waals surface area contributed by atoms with Crippen molar-refractivity contribution < 1.29 is 23.2 Å². The first kappa shape index (κ1) is 17.4. The number of sulfonamides is 1. The molecule has 1 saturated heterocycles. The summed E-state index contributed by atoms with van der Waals surface area (Å²) in [5.41, 5.74) is -0.224. The third-order valence-corrected chi connectivity index (χ3v) is 6.38. The number of benzene rings is 1. The molecule has 1 aromatic rings. The van der Waals surface area contributed by atoms with Gasteiger partial charge in [0.25, 0.3) is 5.69 Å². The molecule has 1 aliphatic heterocycles. The van der Waals surface area contributed by atoms with Crippen molar-refractivity contribution in [2.75, 3.05) is 6.54 Å².